The summed E-state index contributed by atoms with van der Waals surface area (Å²) in [6.07, 6.45) is 0. The summed E-state index contributed by atoms with van der Waals surface area (Å²) in [5, 5.41) is 0. The second-order valence-electron chi connectivity index (χ2n) is 2.32. The fourth-order valence-electron chi connectivity index (χ4n) is 1.02. The van der Waals surface area contributed by atoms with Crippen molar-refractivity contribution in [3.05, 3.63) is 14.1 Å². The van der Waals surface area contributed by atoms with E-state index in [0.717, 1.165) is 13.8 Å². The van der Waals surface area contributed by atoms with E-state index in [9.17, 15) is 0 Å². The highest BCUT2D eigenvalue weighted by molar-refractivity contribution is 14.1. The quantitative estimate of drug-likeness (QED) is 0.582. The Morgan fingerprint density at radius 2 is 2.08 bits per heavy atom. The van der Waals surface area contributed by atoms with Gasteiger partial charge in [-0.3, -0.25) is 0 Å². The predicted octanol–water partition coefficient (Wildman–Crippen LogP) is 2.36. The normalized spacial score (nSPS) is 13.5. The van der Waals surface area contributed by atoms with E-state index in [2.05, 4.69) is 38.5 Å². The SMILES string of the molecule is Nc1c(Br)cc(I)c2c1OCO2. The predicted molar refractivity (Wildman–Crippen MR) is 57.4 cm³/mol. The molecule has 0 aromatic heterocycles. The molecule has 1 aromatic rings. The summed E-state index contributed by atoms with van der Waals surface area (Å²) < 4.78 is 12.3. The van der Waals surface area contributed by atoms with Crippen LogP contribution in [0.5, 0.6) is 11.5 Å². The van der Waals surface area contributed by atoms with Gasteiger partial charge in [-0.25, -0.2) is 0 Å². The van der Waals surface area contributed by atoms with E-state index >= 15 is 0 Å². The van der Waals surface area contributed by atoms with Crippen molar-refractivity contribution in [3.8, 4) is 11.5 Å². The van der Waals surface area contributed by atoms with E-state index in [1.807, 2.05) is 6.07 Å². The molecule has 2 N–H and O–H groups in total. The van der Waals surface area contributed by atoms with Crippen LogP contribution in [0, 0.1) is 3.57 Å². The number of hydrogen-bond donors (Lipinski definition) is 1. The van der Waals surface area contributed by atoms with Crippen molar-refractivity contribution < 1.29 is 9.47 Å². The molecule has 1 heterocycles. The lowest BCUT2D eigenvalue weighted by molar-refractivity contribution is 0.174. The average molecular weight is 342 g/mol. The van der Waals surface area contributed by atoms with Crippen molar-refractivity contribution >= 4 is 44.2 Å². The van der Waals surface area contributed by atoms with Crippen molar-refractivity contribution in [3.63, 3.8) is 0 Å². The summed E-state index contributed by atoms with van der Waals surface area (Å²) in [4.78, 5) is 0. The van der Waals surface area contributed by atoms with Crippen molar-refractivity contribution in [2.75, 3.05) is 12.5 Å². The molecule has 0 fully saturated rings. The molecule has 0 spiro atoms. The van der Waals surface area contributed by atoms with Crippen LogP contribution in [0.2, 0.25) is 0 Å². The number of hydrogen-bond acceptors (Lipinski definition) is 3. The molecular formula is C7H5BrINO2. The van der Waals surface area contributed by atoms with Crippen molar-refractivity contribution in [2.24, 2.45) is 0 Å². The summed E-state index contributed by atoms with van der Waals surface area (Å²) in [7, 11) is 0. The van der Waals surface area contributed by atoms with Gasteiger partial charge in [0.15, 0.2) is 11.5 Å². The van der Waals surface area contributed by atoms with Crippen LogP contribution in [-0.4, -0.2) is 6.79 Å². The third-order valence-electron chi connectivity index (χ3n) is 1.59. The van der Waals surface area contributed by atoms with Gasteiger partial charge in [-0.15, -0.1) is 0 Å². The largest absolute Gasteiger partial charge is 0.452 e. The van der Waals surface area contributed by atoms with E-state index in [-0.39, 0.29) is 6.79 Å². The van der Waals surface area contributed by atoms with Gasteiger partial charge in [0.05, 0.1) is 9.26 Å². The topological polar surface area (TPSA) is 44.5 Å². The molecule has 0 bridgehead atoms. The lowest BCUT2D eigenvalue weighted by Gasteiger charge is -2.04. The van der Waals surface area contributed by atoms with Crippen molar-refractivity contribution in [1.29, 1.82) is 0 Å². The first-order valence-electron chi connectivity index (χ1n) is 3.23. The second kappa shape index (κ2) is 2.95. The molecule has 0 amide bonds. The first kappa shape index (κ1) is 8.43. The Balaban J connectivity index is 2.69. The zero-order chi connectivity index (χ0) is 8.72. The molecular weight excluding hydrogens is 337 g/mol. The molecule has 0 saturated heterocycles. The van der Waals surface area contributed by atoms with Gasteiger partial charge in [0, 0.05) is 4.47 Å². The molecule has 5 heteroatoms. The Morgan fingerprint density at radius 1 is 1.42 bits per heavy atom. The van der Waals surface area contributed by atoms with E-state index in [0.29, 0.717) is 11.4 Å². The Hall–Kier alpha value is -0.170. The van der Waals surface area contributed by atoms with Crippen LogP contribution >= 0.6 is 38.5 Å². The van der Waals surface area contributed by atoms with E-state index in [1.165, 1.54) is 0 Å². The summed E-state index contributed by atoms with van der Waals surface area (Å²) >= 11 is 5.51. The maximum absolute atomic E-state index is 5.75. The highest BCUT2D eigenvalue weighted by Crippen LogP contribution is 2.44. The maximum atomic E-state index is 5.75. The Bertz CT molecular complexity index is 343. The second-order valence-corrected chi connectivity index (χ2v) is 4.34. The number of anilines is 1. The molecule has 64 valence electrons. The van der Waals surface area contributed by atoms with Crippen LogP contribution < -0.4 is 15.2 Å². The highest BCUT2D eigenvalue weighted by Gasteiger charge is 2.21. The smallest absolute Gasteiger partial charge is 0.231 e. The molecule has 3 nitrogen and oxygen atoms in total. The molecule has 1 aromatic carbocycles. The van der Waals surface area contributed by atoms with Gasteiger partial charge in [-0.05, 0) is 44.6 Å². The summed E-state index contributed by atoms with van der Waals surface area (Å²) in [5.74, 6) is 1.39. The number of benzene rings is 1. The molecule has 0 unspecified atom stereocenters. The maximum Gasteiger partial charge on any atom is 0.231 e. The summed E-state index contributed by atoms with van der Waals surface area (Å²) in [6.45, 7) is 0.256. The van der Waals surface area contributed by atoms with Gasteiger partial charge < -0.3 is 15.2 Å². The number of nitrogen functional groups attached to an aromatic ring is 1. The van der Waals surface area contributed by atoms with Crippen LogP contribution in [0.4, 0.5) is 5.69 Å². The number of halogens is 2. The molecule has 1 aliphatic heterocycles. The van der Waals surface area contributed by atoms with Gasteiger partial charge in [-0.2, -0.15) is 0 Å². The Kier molecular flexibility index (Phi) is 2.07. The molecule has 1 aliphatic rings. The first-order chi connectivity index (χ1) is 5.70. The van der Waals surface area contributed by atoms with Crippen LogP contribution in [0.15, 0.2) is 10.5 Å². The molecule has 2 rings (SSSR count). The van der Waals surface area contributed by atoms with Crippen LogP contribution in [0.3, 0.4) is 0 Å². The van der Waals surface area contributed by atoms with Crippen LogP contribution in [0.25, 0.3) is 0 Å². The van der Waals surface area contributed by atoms with E-state index in [4.69, 9.17) is 15.2 Å². The van der Waals surface area contributed by atoms with Crippen molar-refractivity contribution in [1.82, 2.24) is 0 Å². The molecule has 12 heavy (non-hydrogen) atoms. The minimum Gasteiger partial charge on any atom is -0.452 e. The standard InChI is InChI=1S/C7H5BrINO2/c8-3-1-4(9)6-7(5(3)10)12-2-11-6/h1H,2,10H2. The molecule has 0 aliphatic carbocycles. The summed E-state index contributed by atoms with van der Waals surface area (Å²) in [5.41, 5.74) is 6.35. The Morgan fingerprint density at radius 3 is 2.83 bits per heavy atom. The minimum absolute atomic E-state index is 0.256. The molecule has 0 saturated carbocycles. The molecule has 0 atom stereocenters. The van der Waals surface area contributed by atoms with Crippen molar-refractivity contribution in [2.45, 2.75) is 0 Å². The fraction of sp³-hybridized carbons (Fsp3) is 0.143. The third-order valence-corrected chi connectivity index (χ3v) is 3.04. The first-order valence-corrected chi connectivity index (χ1v) is 5.10. The van der Waals surface area contributed by atoms with Crippen LogP contribution in [-0.2, 0) is 0 Å². The zero-order valence-corrected chi connectivity index (χ0v) is 9.68. The Labute approximate surface area is 91.5 Å². The zero-order valence-electron chi connectivity index (χ0n) is 5.93. The van der Waals surface area contributed by atoms with E-state index in [1.54, 1.807) is 0 Å². The number of rotatable bonds is 0. The van der Waals surface area contributed by atoms with Gasteiger partial charge in [0.1, 0.15) is 0 Å². The highest BCUT2D eigenvalue weighted by atomic mass is 127. The average Bonchev–Trinajstić information content (AvgIpc) is 2.48. The fourth-order valence-corrected chi connectivity index (χ4v) is 2.57. The van der Waals surface area contributed by atoms with Crippen LogP contribution in [0.1, 0.15) is 0 Å². The van der Waals surface area contributed by atoms with E-state index < -0.39 is 0 Å². The van der Waals surface area contributed by atoms with Gasteiger partial charge in [-0.1, -0.05) is 0 Å². The minimum atomic E-state index is 0.256. The monoisotopic (exact) mass is 341 g/mol. The molecule has 0 radical (unpaired) electrons. The lowest BCUT2D eigenvalue weighted by atomic mass is 10.3. The van der Waals surface area contributed by atoms with Gasteiger partial charge in [0.25, 0.3) is 0 Å². The number of fused-ring (bicyclic) bond motifs is 1. The lowest BCUT2D eigenvalue weighted by Crippen LogP contribution is -1.94. The van der Waals surface area contributed by atoms with Gasteiger partial charge >= 0.3 is 0 Å². The third kappa shape index (κ3) is 1.15. The number of nitrogens with two attached hydrogens (primary N) is 1. The number of ether oxygens (including phenoxy) is 2. The summed E-state index contributed by atoms with van der Waals surface area (Å²) in [6, 6.07) is 1.91. The van der Waals surface area contributed by atoms with Gasteiger partial charge in [0.2, 0.25) is 6.79 Å².